The van der Waals surface area contributed by atoms with Crippen LogP contribution in [0.25, 0.3) is 22.6 Å². The quantitative estimate of drug-likeness (QED) is 0.611. The molecule has 0 bridgehead atoms. The highest BCUT2D eigenvalue weighted by Gasteiger charge is 2.41. The highest BCUT2D eigenvalue weighted by molar-refractivity contribution is 6.33. The van der Waals surface area contributed by atoms with Crippen LogP contribution in [0.15, 0.2) is 28.9 Å². The maximum absolute atomic E-state index is 14.2. The zero-order chi connectivity index (χ0) is 20.6. The van der Waals surface area contributed by atoms with Crippen molar-refractivity contribution in [2.45, 2.75) is 12.7 Å². The summed E-state index contributed by atoms with van der Waals surface area (Å²) in [6, 6.07) is 3.52. The zero-order valence-corrected chi connectivity index (χ0v) is 14.4. The summed E-state index contributed by atoms with van der Waals surface area (Å²) in [5.74, 6) is -3.39. The Morgan fingerprint density at radius 1 is 1.32 bits per heavy atom. The number of benzene rings is 1. The van der Waals surface area contributed by atoms with E-state index in [4.69, 9.17) is 21.2 Å². The van der Waals surface area contributed by atoms with Gasteiger partial charge in [0.15, 0.2) is 11.5 Å². The van der Waals surface area contributed by atoms with Gasteiger partial charge >= 0.3 is 12.1 Å². The molecule has 0 aliphatic carbocycles. The molecule has 2 aromatic heterocycles. The second-order valence-corrected chi connectivity index (χ2v) is 5.90. The lowest BCUT2D eigenvalue weighted by atomic mass is 10.0. The second-order valence-electron chi connectivity index (χ2n) is 5.49. The maximum Gasteiger partial charge on any atom is 0.433 e. The van der Waals surface area contributed by atoms with Crippen molar-refractivity contribution >= 4 is 17.6 Å². The van der Waals surface area contributed by atoms with Gasteiger partial charge in [-0.15, -0.1) is 0 Å². The summed E-state index contributed by atoms with van der Waals surface area (Å²) < 4.78 is 60.0. The fraction of sp³-hybridized carbons (Fsp3) is 0.188. The number of carbonyl (C=O) groups is 1. The van der Waals surface area contributed by atoms with Gasteiger partial charge in [-0.05, 0) is 12.1 Å². The van der Waals surface area contributed by atoms with E-state index in [2.05, 4.69) is 10.3 Å². The molecule has 7 nitrogen and oxygen atoms in total. The van der Waals surface area contributed by atoms with E-state index in [1.54, 1.807) is 0 Å². The van der Waals surface area contributed by atoms with Crippen molar-refractivity contribution in [1.29, 1.82) is 0 Å². The van der Waals surface area contributed by atoms with E-state index < -0.39 is 65.0 Å². The van der Waals surface area contributed by atoms with Gasteiger partial charge in [-0.1, -0.05) is 22.8 Å². The number of carboxylic acids is 1. The van der Waals surface area contributed by atoms with Crippen LogP contribution in [0.3, 0.4) is 0 Å². The van der Waals surface area contributed by atoms with E-state index in [1.807, 2.05) is 0 Å². The predicted molar refractivity (Wildman–Crippen MR) is 87.2 cm³/mol. The molecular weight excluding hydrogens is 410 g/mol. The van der Waals surface area contributed by atoms with E-state index in [0.717, 1.165) is 12.3 Å². The summed E-state index contributed by atoms with van der Waals surface area (Å²) in [4.78, 5) is 11.8. The fourth-order valence-electron chi connectivity index (χ4n) is 2.68. The summed E-state index contributed by atoms with van der Waals surface area (Å²) in [6.45, 7) is -1.13. The summed E-state index contributed by atoms with van der Waals surface area (Å²) in [5.41, 5.74) is -3.85. The number of hydrogen-bond donors (Lipinski definition) is 2. The minimum atomic E-state index is -4.95. The van der Waals surface area contributed by atoms with Crippen LogP contribution in [-0.2, 0) is 12.7 Å². The number of carboxylic acid groups (broad SMARTS) is 1. The molecule has 12 heteroatoms. The normalized spacial score (nSPS) is 11.8. The molecule has 0 atom stereocenters. The van der Waals surface area contributed by atoms with Crippen molar-refractivity contribution in [2.24, 2.45) is 0 Å². The Labute approximate surface area is 158 Å². The van der Waals surface area contributed by atoms with Crippen LogP contribution in [0.5, 0.6) is 0 Å². The van der Waals surface area contributed by atoms with Crippen molar-refractivity contribution in [3.05, 3.63) is 46.5 Å². The topological polar surface area (TPSA) is 101 Å². The molecule has 0 spiro atoms. The Bertz CT molecular complexity index is 1020. The van der Waals surface area contributed by atoms with Gasteiger partial charge in [0.1, 0.15) is 17.1 Å². The monoisotopic (exact) mass is 419 g/mol. The minimum absolute atomic E-state index is 0.200. The maximum atomic E-state index is 14.2. The van der Waals surface area contributed by atoms with Gasteiger partial charge < -0.3 is 14.7 Å². The van der Waals surface area contributed by atoms with Gasteiger partial charge in [-0.2, -0.15) is 18.3 Å². The Morgan fingerprint density at radius 2 is 2.04 bits per heavy atom. The summed E-state index contributed by atoms with van der Waals surface area (Å²) in [5, 5.41) is 25.2. The van der Waals surface area contributed by atoms with Gasteiger partial charge in [0.2, 0.25) is 0 Å². The molecule has 0 saturated heterocycles. The molecule has 0 radical (unpaired) electrons. The number of hydrogen-bond acceptors (Lipinski definition) is 5. The highest BCUT2D eigenvalue weighted by atomic mass is 35.5. The van der Waals surface area contributed by atoms with Crippen molar-refractivity contribution in [3.63, 3.8) is 0 Å². The van der Waals surface area contributed by atoms with Crippen LogP contribution >= 0.6 is 11.6 Å². The molecule has 0 amide bonds. The number of aliphatic hydroxyl groups excluding tert-OH is 1. The number of aromatic nitrogens is 3. The number of aromatic carboxylic acids is 1. The largest absolute Gasteiger partial charge is 0.477 e. The summed E-state index contributed by atoms with van der Waals surface area (Å²) in [6.07, 6.45) is -4.21. The molecule has 1 aromatic carbocycles. The van der Waals surface area contributed by atoms with Gasteiger partial charge in [0, 0.05) is 0 Å². The molecule has 2 N–H and O–H groups in total. The summed E-state index contributed by atoms with van der Waals surface area (Å²) >= 11 is 5.91. The fourth-order valence-corrected chi connectivity index (χ4v) is 2.93. The third-order valence-corrected chi connectivity index (χ3v) is 4.08. The molecule has 0 fully saturated rings. The third-order valence-electron chi connectivity index (χ3n) is 3.77. The first-order valence-electron chi connectivity index (χ1n) is 7.58. The molecule has 0 aliphatic rings. The van der Waals surface area contributed by atoms with Gasteiger partial charge in [-0.3, -0.25) is 4.68 Å². The van der Waals surface area contributed by atoms with Crippen molar-refractivity contribution in [3.8, 4) is 22.6 Å². The van der Waals surface area contributed by atoms with Gasteiger partial charge in [-0.25, -0.2) is 9.18 Å². The number of halogens is 5. The number of nitrogens with zero attached hydrogens (tertiary/aromatic N) is 3. The standard InChI is InChI=1S/C16H10ClF4N3O4/c17-8-2-1-3-9(18)10(8)12-11(15(26)27)13(28-23-12)7-6-22-24(4-5-25)14(7)16(19,20)21/h1-3,6,25H,4-5H2,(H,26,27). The number of aliphatic hydroxyl groups is 1. The van der Waals surface area contributed by atoms with Crippen molar-refractivity contribution in [2.75, 3.05) is 6.61 Å². The van der Waals surface area contributed by atoms with E-state index in [0.29, 0.717) is 4.68 Å². The van der Waals surface area contributed by atoms with Crippen LogP contribution in [0.4, 0.5) is 17.6 Å². The van der Waals surface area contributed by atoms with E-state index in [9.17, 15) is 27.5 Å². The molecule has 0 aliphatic heterocycles. The van der Waals surface area contributed by atoms with Crippen LogP contribution < -0.4 is 0 Å². The first-order chi connectivity index (χ1) is 13.2. The zero-order valence-electron chi connectivity index (χ0n) is 13.7. The highest BCUT2D eigenvalue weighted by Crippen LogP contribution is 2.42. The predicted octanol–water partition coefficient (Wildman–Crippen LogP) is 3.71. The number of rotatable bonds is 5. The van der Waals surface area contributed by atoms with E-state index in [1.165, 1.54) is 12.1 Å². The smallest absolute Gasteiger partial charge is 0.433 e. The second kappa shape index (κ2) is 7.24. The molecule has 0 unspecified atom stereocenters. The molecular formula is C16H10ClF4N3O4. The molecule has 0 saturated carbocycles. The molecule has 2 heterocycles. The number of alkyl halides is 3. The van der Waals surface area contributed by atoms with E-state index >= 15 is 0 Å². The molecule has 3 rings (SSSR count). The average Bonchev–Trinajstić information content (AvgIpc) is 3.18. The minimum Gasteiger partial charge on any atom is -0.477 e. The van der Waals surface area contributed by atoms with Crippen LogP contribution in [0, 0.1) is 5.82 Å². The first-order valence-corrected chi connectivity index (χ1v) is 7.96. The SMILES string of the molecule is O=C(O)c1c(-c2c(F)cccc2Cl)noc1-c1cnn(CCO)c1C(F)(F)F. The molecule has 28 heavy (non-hydrogen) atoms. The Hall–Kier alpha value is -2.92. The lowest BCUT2D eigenvalue weighted by molar-refractivity contribution is -0.144. The average molecular weight is 420 g/mol. The van der Waals surface area contributed by atoms with Crippen molar-refractivity contribution in [1.82, 2.24) is 14.9 Å². The van der Waals surface area contributed by atoms with Crippen LogP contribution in [0.1, 0.15) is 16.1 Å². The molecule has 3 aromatic rings. The van der Waals surface area contributed by atoms with Crippen LogP contribution in [-0.4, -0.2) is 37.7 Å². The molecule has 148 valence electrons. The first kappa shape index (κ1) is 19.8. The van der Waals surface area contributed by atoms with E-state index in [-0.39, 0.29) is 5.02 Å². The summed E-state index contributed by atoms with van der Waals surface area (Å²) in [7, 11) is 0. The van der Waals surface area contributed by atoms with Crippen LogP contribution in [0.2, 0.25) is 5.02 Å². The Balaban J connectivity index is 2.29. The lowest BCUT2D eigenvalue weighted by Crippen LogP contribution is -2.17. The Kier molecular flexibility index (Phi) is 5.13. The van der Waals surface area contributed by atoms with Gasteiger partial charge in [0.25, 0.3) is 0 Å². The Morgan fingerprint density at radius 3 is 2.61 bits per heavy atom. The van der Waals surface area contributed by atoms with Crippen molar-refractivity contribution < 1.29 is 37.1 Å². The van der Waals surface area contributed by atoms with Gasteiger partial charge in [0.05, 0.1) is 35.5 Å². The third kappa shape index (κ3) is 3.34. The lowest BCUT2D eigenvalue weighted by Gasteiger charge is -2.11.